The van der Waals surface area contributed by atoms with Crippen LogP contribution >= 0.6 is 0 Å². The molecule has 0 fully saturated rings. The van der Waals surface area contributed by atoms with Crippen LogP contribution in [0.25, 0.3) is 0 Å². The Hall–Kier alpha value is -1.71. The third-order valence-electron chi connectivity index (χ3n) is 3.88. The molecule has 1 unspecified atom stereocenters. The predicted molar refractivity (Wildman–Crippen MR) is 78.8 cm³/mol. The van der Waals surface area contributed by atoms with E-state index in [9.17, 15) is 0 Å². The van der Waals surface area contributed by atoms with Crippen LogP contribution in [0.3, 0.4) is 0 Å². The Kier molecular flexibility index (Phi) is 4.66. The summed E-state index contributed by atoms with van der Waals surface area (Å²) in [6, 6.07) is 8.90. The summed E-state index contributed by atoms with van der Waals surface area (Å²) in [6.07, 6.45) is 5.17. The number of fused-ring (bicyclic) bond motifs is 1. The maximum Gasteiger partial charge on any atom is 0.141 e. The van der Waals surface area contributed by atoms with Gasteiger partial charge in [-0.1, -0.05) is 30.3 Å². The van der Waals surface area contributed by atoms with E-state index in [-0.39, 0.29) is 0 Å². The van der Waals surface area contributed by atoms with E-state index in [0.29, 0.717) is 18.3 Å². The summed E-state index contributed by atoms with van der Waals surface area (Å²) in [4.78, 5) is 2.43. The molecule has 0 bridgehead atoms. The molecule has 1 aliphatic heterocycles. The number of hydrogen-bond donors (Lipinski definition) is 2. The first-order valence-electron chi connectivity index (χ1n) is 7.07. The second kappa shape index (κ2) is 6.45. The first-order valence-corrected chi connectivity index (χ1v) is 7.07. The first kappa shape index (κ1) is 13.7. The third kappa shape index (κ3) is 3.19. The molecule has 1 aliphatic rings. The average Bonchev–Trinajstić information content (AvgIpc) is 2.67. The van der Waals surface area contributed by atoms with Crippen LogP contribution in [0.5, 0.6) is 0 Å². The summed E-state index contributed by atoms with van der Waals surface area (Å²) in [5.41, 5.74) is 8.42. The zero-order valence-electron chi connectivity index (χ0n) is 11.5. The highest BCUT2D eigenvalue weighted by molar-refractivity contribution is 5.80. The van der Waals surface area contributed by atoms with E-state index in [0.717, 1.165) is 19.4 Å². The van der Waals surface area contributed by atoms with Crippen molar-refractivity contribution in [1.82, 2.24) is 0 Å². The molecule has 19 heavy (non-hydrogen) atoms. The van der Waals surface area contributed by atoms with Crippen LogP contribution in [0.4, 0.5) is 5.69 Å². The number of nitrogens with two attached hydrogens (primary N) is 1. The number of anilines is 1. The zero-order valence-corrected chi connectivity index (χ0v) is 11.5. The Morgan fingerprint density at radius 1 is 1.42 bits per heavy atom. The first-order chi connectivity index (χ1) is 9.26. The van der Waals surface area contributed by atoms with Gasteiger partial charge in [-0.3, -0.25) is 0 Å². The van der Waals surface area contributed by atoms with E-state index < -0.39 is 0 Å². The van der Waals surface area contributed by atoms with Crippen LogP contribution in [0.15, 0.2) is 29.4 Å². The summed E-state index contributed by atoms with van der Waals surface area (Å²) in [7, 11) is 0. The van der Waals surface area contributed by atoms with Crippen LogP contribution < -0.4 is 10.6 Å². The fraction of sp³-hybridized carbons (Fsp3) is 0.533. The van der Waals surface area contributed by atoms with E-state index >= 15 is 0 Å². The minimum Gasteiger partial charge on any atom is -0.409 e. The fourth-order valence-corrected chi connectivity index (χ4v) is 2.86. The Morgan fingerprint density at radius 3 is 2.95 bits per heavy atom. The lowest BCUT2D eigenvalue weighted by Gasteiger charge is -2.33. The SMILES string of the molecule is CCC(CC(N)=NO)N1CCCCc2ccccc21. The Labute approximate surface area is 114 Å². The van der Waals surface area contributed by atoms with Crippen LogP contribution in [0.2, 0.25) is 0 Å². The van der Waals surface area contributed by atoms with E-state index in [1.54, 1.807) is 0 Å². The van der Waals surface area contributed by atoms with Gasteiger partial charge >= 0.3 is 0 Å². The molecular formula is C15H23N3O. The van der Waals surface area contributed by atoms with Gasteiger partial charge in [-0.05, 0) is 37.3 Å². The maximum atomic E-state index is 8.77. The summed E-state index contributed by atoms with van der Waals surface area (Å²) >= 11 is 0. The second-order valence-corrected chi connectivity index (χ2v) is 5.14. The molecule has 0 saturated carbocycles. The van der Waals surface area contributed by atoms with Crippen molar-refractivity contribution in [3.8, 4) is 0 Å². The molecular weight excluding hydrogens is 238 g/mol. The standard InChI is InChI=1S/C15H23N3O/c1-2-13(11-15(16)17-19)18-10-6-5-8-12-7-3-4-9-14(12)18/h3-4,7,9,13,19H,2,5-6,8,10-11H2,1H3,(H2,16,17). The lowest BCUT2D eigenvalue weighted by molar-refractivity contribution is 0.316. The lowest BCUT2D eigenvalue weighted by atomic mass is 10.0. The van der Waals surface area contributed by atoms with Gasteiger partial charge in [0, 0.05) is 24.7 Å². The Balaban J connectivity index is 2.26. The molecule has 0 saturated heterocycles. The minimum atomic E-state index is 0.301. The number of hydrogen-bond acceptors (Lipinski definition) is 3. The number of amidine groups is 1. The molecule has 3 N–H and O–H groups in total. The van der Waals surface area contributed by atoms with Crippen LogP contribution in [-0.4, -0.2) is 23.6 Å². The highest BCUT2D eigenvalue weighted by Crippen LogP contribution is 2.29. The molecule has 1 heterocycles. The van der Waals surface area contributed by atoms with Crippen molar-refractivity contribution in [2.45, 2.75) is 45.1 Å². The van der Waals surface area contributed by atoms with Crippen molar-refractivity contribution >= 4 is 11.5 Å². The quantitative estimate of drug-likeness (QED) is 0.379. The van der Waals surface area contributed by atoms with E-state index in [4.69, 9.17) is 10.9 Å². The molecule has 0 aromatic heterocycles. The predicted octanol–water partition coefficient (Wildman–Crippen LogP) is 2.74. The third-order valence-corrected chi connectivity index (χ3v) is 3.88. The van der Waals surface area contributed by atoms with Gasteiger partial charge in [-0.2, -0.15) is 0 Å². The van der Waals surface area contributed by atoms with Gasteiger partial charge in [-0.15, -0.1) is 0 Å². The lowest BCUT2D eigenvalue weighted by Crippen LogP contribution is -2.38. The molecule has 0 radical (unpaired) electrons. The number of nitrogens with zero attached hydrogens (tertiary/aromatic N) is 2. The smallest absolute Gasteiger partial charge is 0.141 e. The van der Waals surface area contributed by atoms with Crippen molar-refractivity contribution in [2.75, 3.05) is 11.4 Å². The van der Waals surface area contributed by atoms with Crippen LogP contribution in [0.1, 0.15) is 38.2 Å². The van der Waals surface area contributed by atoms with E-state index in [1.165, 1.54) is 24.1 Å². The molecule has 2 rings (SSSR count). The maximum absolute atomic E-state index is 8.77. The highest BCUT2D eigenvalue weighted by atomic mass is 16.4. The van der Waals surface area contributed by atoms with Gasteiger partial charge in [0.15, 0.2) is 0 Å². The molecule has 0 amide bonds. The zero-order chi connectivity index (χ0) is 13.7. The van der Waals surface area contributed by atoms with Gasteiger partial charge < -0.3 is 15.8 Å². The molecule has 1 aromatic carbocycles. The average molecular weight is 261 g/mol. The largest absolute Gasteiger partial charge is 0.409 e. The van der Waals surface area contributed by atoms with Crippen LogP contribution in [0, 0.1) is 0 Å². The van der Waals surface area contributed by atoms with Gasteiger partial charge in [0.1, 0.15) is 5.84 Å². The van der Waals surface area contributed by atoms with Gasteiger partial charge in [0.05, 0.1) is 0 Å². The van der Waals surface area contributed by atoms with Crippen LogP contribution in [-0.2, 0) is 6.42 Å². The summed E-state index contributed by atoms with van der Waals surface area (Å²) in [5.74, 6) is 0.313. The topological polar surface area (TPSA) is 61.9 Å². The van der Waals surface area contributed by atoms with Gasteiger partial charge in [0.2, 0.25) is 0 Å². The Morgan fingerprint density at radius 2 is 2.21 bits per heavy atom. The fourth-order valence-electron chi connectivity index (χ4n) is 2.86. The second-order valence-electron chi connectivity index (χ2n) is 5.14. The number of benzene rings is 1. The molecule has 4 heteroatoms. The van der Waals surface area contributed by atoms with Crippen molar-refractivity contribution in [3.63, 3.8) is 0 Å². The van der Waals surface area contributed by atoms with Crippen molar-refractivity contribution < 1.29 is 5.21 Å². The van der Waals surface area contributed by atoms with Gasteiger partial charge in [-0.25, -0.2) is 0 Å². The number of rotatable bonds is 4. The van der Waals surface area contributed by atoms with Crippen molar-refractivity contribution in [1.29, 1.82) is 0 Å². The van der Waals surface area contributed by atoms with Crippen molar-refractivity contribution in [2.24, 2.45) is 10.9 Å². The molecule has 0 spiro atoms. The highest BCUT2D eigenvalue weighted by Gasteiger charge is 2.22. The van der Waals surface area contributed by atoms with Gasteiger partial charge in [0.25, 0.3) is 0 Å². The Bertz CT molecular complexity index is 445. The number of para-hydroxylation sites is 1. The molecule has 0 aliphatic carbocycles. The monoisotopic (exact) mass is 261 g/mol. The van der Waals surface area contributed by atoms with E-state index in [2.05, 4.69) is 41.2 Å². The molecule has 1 aromatic rings. The normalized spacial score (nSPS) is 17.7. The number of oxime groups is 1. The van der Waals surface area contributed by atoms with E-state index in [1.807, 2.05) is 0 Å². The minimum absolute atomic E-state index is 0.301. The van der Waals surface area contributed by atoms with Crippen molar-refractivity contribution in [3.05, 3.63) is 29.8 Å². The molecule has 104 valence electrons. The molecule has 1 atom stereocenters. The summed E-state index contributed by atoms with van der Waals surface area (Å²) < 4.78 is 0. The summed E-state index contributed by atoms with van der Waals surface area (Å²) in [6.45, 7) is 3.21. The number of aryl methyl sites for hydroxylation is 1. The summed E-state index contributed by atoms with van der Waals surface area (Å²) in [5, 5.41) is 11.9. The molecule has 4 nitrogen and oxygen atoms in total.